The van der Waals surface area contributed by atoms with E-state index in [0.717, 1.165) is 5.69 Å². The van der Waals surface area contributed by atoms with Gasteiger partial charge in [-0.2, -0.15) is 0 Å². The molecule has 0 aliphatic heterocycles. The number of thiazole rings is 1. The molecule has 1 fully saturated rings. The van der Waals surface area contributed by atoms with Crippen LogP contribution >= 0.6 is 11.3 Å². The number of carbonyl (C=O) groups excluding carboxylic acids is 1. The highest BCUT2D eigenvalue weighted by Crippen LogP contribution is 2.40. The number of nitrogens with zero attached hydrogens (tertiary/aromatic N) is 1. The number of rotatable bonds is 5. The zero-order valence-corrected chi connectivity index (χ0v) is 10.8. The lowest BCUT2D eigenvalue weighted by Gasteiger charge is -2.11. The second-order valence-electron chi connectivity index (χ2n) is 4.45. The van der Waals surface area contributed by atoms with Crippen molar-refractivity contribution < 1.29 is 14.7 Å². The van der Waals surface area contributed by atoms with Gasteiger partial charge in [-0.1, -0.05) is 0 Å². The fraction of sp³-hybridized carbons (Fsp3) is 0.545. The van der Waals surface area contributed by atoms with Crippen LogP contribution in [0.3, 0.4) is 0 Å². The molecule has 1 heterocycles. The molecule has 0 radical (unpaired) electrons. The van der Waals surface area contributed by atoms with Crippen LogP contribution in [0.15, 0.2) is 5.38 Å². The number of hydrogen-bond acceptors (Lipinski definition) is 4. The molecule has 0 bridgehead atoms. The van der Waals surface area contributed by atoms with Crippen molar-refractivity contribution in [2.24, 2.45) is 0 Å². The van der Waals surface area contributed by atoms with Gasteiger partial charge < -0.3 is 10.4 Å². The van der Waals surface area contributed by atoms with Gasteiger partial charge in [-0.15, -0.1) is 11.3 Å². The quantitative estimate of drug-likeness (QED) is 0.762. The predicted molar refractivity (Wildman–Crippen MR) is 68.0 cm³/mol. The number of aromatic nitrogens is 1. The molecule has 98 valence electrons. The lowest BCUT2D eigenvalue weighted by atomic mass is 10.2. The van der Waals surface area contributed by atoms with Gasteiger partial charge in [0, 0.05) is 17.3 Å². The van der Waals surface area contributed by atoms with E-state index in [1.165, 1.54) is 24.2 Å². The van der Waals surface area contributed by atoms with E-state index >= 15 is 0 Å². The minimum Gasteiger partial charge on any atom is -0.481 e. The van der Waals surface area contributed by atoms with Crippen molar-refractivity contribution in [3.8, 4) is 0 Å². The molecule has 1 aliphatic rings. The maximum atomic E-state index is 11.6. The minimum absolute atomic E-state index is 0.0986. The summed E-state index contributed by atoms with van der Waals surface area (Å²) in [5, 5.41) is 16.2. The number of carboxylic acid groups (broad SMARTS) is 1. The van der Waals surface area contributed by atoms with Gasteiger partial charge >= 0.3 is 12.0 Å². The molecule has 7 heteroatoms. The maximum absolute atomic E-state index is 11.6. The fourth-order valence-electron chi connectivity index (χ4n) is 1.58. The second-order valence-corrected chi connectivity index (χ2v) is 5.31. The number of carbonyl (C=O) groups is 2. The molecule has 3 N–H and O–H groups in total. The molecule has 1 saturated carbocycles. The van der Waals surface area contributed by atoms with Crippen molar-refractivity contribution >= 4 is 28.5 Å². The van der Waals surface area contributed by atoms with Crippen LogP contribution in [0.1, 0.15) is 37.8 Å². The summed E-state index contributed by atoms with van der Waals surface area (Å²) in [7, 11) is 0. The highest BCUT2D eigenvalue weighted by Gasteiger charge is 2.26. The van der Waals surface area contributed by atoms with Gasteiger partial charge in [0.1, 0.15) is 0 Å². The first kappa shape index (κ1) is 12.8. The van der Waals surface area contributed by atoms with E-state index in [1.54, 1.807) is 6.92 Å². The molecule has 0 saturated heterocycles. The lowest BCUT2D eigenvalue weighted by Crippen LogP contribution is -2.37. The molecule has 1 aromatic rings. The summed E-state index contributed by atoms with van der Waals surface area (Å²) < 4.78 is 0. The van der Waals surface area contributed by atoms with E-state index in [-0.39, 0.29) is 6.42 Å². The number of aliphatic carboxylic acids is 1. The molecule has 18 heavy (non-hydrogen) atoms. The molecule has 1 unspecified atom stereocenters. The first-order valence-electron chi connectivity index (χ1n) is 5.79. The van der Waals surface area contributed by atoms with Crippen LogP contribution in [-0.2, 0) is 4.79 Å². The van der Waals surface area contributed by atoms with Crippen molar-refractivity contribution in [2.75, 3.05) is 5.32 Å². The summed E-state index contributed by atoms with van der Waals surface area (Å²) in [5.41, 5.74) is 1.04. The van der Waals surface area contributed by atoms with Gasteiger partial charge in [-0.3, -0.25) is 10.1 Å². The molecule has 2 rings (SSSR count). The van der Waals surface area contributed by atoms with Crippen LogP contribution in [0.2, 0.25) is 0 Å². The van der Waals surface area contributed by atoms with E-state index in [2.05, 4.69) is 15.6 Å². The molecule has 2 amide bonds. The Morgan fingerprint density at radius 1 is 1.61 bits per heavy atom. The zero-order valence-electron chi connectivity index (χ0n) is 9.97. The molecule has 1 aromatic heterocycles. The molecular formula is C11H15N3O3S. The van der Waals surface area contributed by atoms with Crippen molar-refractivity contribution in [3.63, 3.8) is 0 Å². The van der Waals surface area contributed by atoms with E-state index in [1.807, 2.05) is 5.38 Å². The number of amides is 2. The summed E-state index contributed by atoms with van der Waals surface area (Å²) in [6.07, 6.45) is 2.24. The first-order valence-corrected chi connectivity index (χ1v) is 6.67. The largest absolute Gasteiger partial charge is 0.481 e. The Kier molecular flexibility index (Phi) is 3.81. The van der Waals surface area contributed by atoms with Gasteiger partial charge in [0.25, 0.3) is 0 Å². The van der Waals surface area contributed by atoms with Gasteiger partial charge in [0.15, 0.2) is 5.13 Å². The number of nitrogens with one attached hydrogen (secondary N) is 2. The van der Waals surface area contributed by atoms with Gasteiger partial charge in [0.2, 0.25) is 0 Å². The summed E-state index contributed by atoms with van der Waals surface area (Å²) >= 11 is 1.39. The monoisotopic (exact) mass is 269 g/mol. The Hall–Kier alpha value is -1.63. The zero-order chi connectivity index (χ0) is 13.1. The minimum atomic E-state index is -0.937. The molecule has 0 aromatic carbocycles. The average Bonchev–Trinajstić information content (AvgIpc) is 2.99. The van der Waals surface area contributed by atoms with Crippen LogP contribution in [-0.4, -0.2) is 28.1 Å². The van der Waals surface area contributed by atoms with Gasteiger partial charge in [-0.05, 0) is 19.8 Å². The molecule has 0 spiro atoms. The lowest BCUT2D eigenvalue weighted by molar-refractivity contribution is -0.137. The van der Waals surface area contributed by atoms with E-state index in [4.69, 9.17) is 5.11 Å². The Morgan fingerprint density at radius 2 is 2.33 bits per heavy atom. The average molecular weight is 269 g/mol. The number of anilines is 1. The van der Waals surface area contributed by atoms with Crippen molar-refractivity contribution in [1.29, 1.82) is 0 Å². The maximum Gasteiger partial charge on any atom is 0.321 e. The van der Waals surface area contributed by atoms with E-state index in [0.29, 0.717) is 11.0 Å². The Morgan fingerprint density at radius 3 is 2.94 bits per heavy atom. The third-order valence-corrected chi connectivity index (χ3v) is 3.37. The first-order chi connectivity index (χ1) is 8.54. The van der Waals surface area contributed by atoms with Gasteiger partial charge in [0.05, 0.1) is 12.1 Å². The molecular weight excluding hydrogens is 254 g/mol. The van der Waals surface area contributed by atoms with Crippen LogP contribution in [0, 0.1) is 0 Å². The van der Waals surface area contributed by atoms with Crippen molar-refractivity contribution in [1.82, 2.24) is 10.3 Å². The Balaban J connectivity index is 1.80. The van der Waals surface area contributed by atoms with Crippen LogP contribution in [0.4, 0.5) is 9.93 Å². The third kappa shape index (κ3) is 3.69. The van der Waals surface area contributed by atoms with Crippen LogP contribution < -0.4 is 10.6 Å². The number of carboxylic acids is 1. The Bertz CT molecular complexity index is 456. The van der Waals surface area contributed by atoms with Crippen LogP contribution in [0.5, 0.6) is 0 Å². The molecule has 1 aliphatic carbocycles. The summed E-state index contributed by atoms with van der Waals surface area (Å²) in [6, 6.07) is -0.828. The molecule has 1 atom stereocenters. The smallest absolute Gasteiger partial charge is 0.321 e. The van der Waals surface area contributed by atoms with E-state index in [9.17, 15) is 9.59 Å². The topological polar surface area (TPSA) is 91.3 Å². The highest BCUT2D eigenvalue weighted by atomic mass is 32.1. The standard InChI is InChI=1S/C11H15N3O3S/c1-6(4-9(15)16)12-10(17)14-11-13-8(5-18-11)7-2-3-7/h5-7H,2-4H2,1H3,(H,15,16)(H2,12,13,14,17). The summed E-state index contributed by atoms with van der Waals surface area (Å²) in [5.74, 6) is -0.376. The fourth-order valence-corrected chi connectivity index (χ4v) is 2.37. The molecule has 6 nitrogen and oxygen atoms in total. The van der Waals surface area contributed by atoms with Crippen molar-refractivity contribution in [2.45, 2.75) is 38.1 Å². The highest BCUT2D eigenvalue weighted by molar-refractivity contribution is 7.13. The van der Waals surface area contributed by atoms with Crippen molar-refractivity contribution in [3.05, 3.63) is 11.1 Å². The summed E-state index contributed by atoms with van der Waals surface area (Å²) in [6.45, 7) is 1.64. The SMILES string of the molecule is CC(CC(=O)O)NC(=O)Nc1nc(C2CC2)cs1. The predicted octanol–water partition coefficient (Wildman–Crippen LogP) is 2.01. The third-order valence-electron chi connectivity index (χ3n) is 2.60. The van der Waals surface area contributed by atoms with E-state index < -0.39 is 18.0 Å². The Labute approximate surface area is 108 Å². The summed E-state index contributed by atoms with van der Waals surface area (Å²) in [4.78, 5) is 26.3. The van der Waals surface area contributed by atoms with Crippen LogP contribution in [0.25, 0.3) is 0 Å². The second kappa shape index (κ2) is 5.34. The number of urea groups is 1. The number of hydrogen-bond donors (Lipinski definition) is 3. The van der Waals surface area contributed by atoms with Gasteiger partial charge in [-0.25, -0.2) is 9.78 Å². The normalized spacial score (nSPS) is 16.1.